The van der Waals surface area contributed by atoms with Gasteiger partial charge in [0.15, 0.2) is 0 Å². The Bertz CT molecular complexity index is 416. The quantitative estimate of drug-likeness (QED) is 0.421. The van der Waals surface area contributed by atoms with Crippen LogP contribution < -0.4 is 10.6 Å². The zero-order valence-corrected chi connectivity index (χ0v) is 9.35. The first-order chi connectivity index (χ1) is 8.16. The van der Waals surface area contributed by atoms with Crippen LogP contribution in [0.5, 0.6) is 5.75 Å². The van der Waals surface area contributed by atoms with Crippen molar-refractivity contribution < 1.29 is 10.0 Å². The van der Waals surface area contributed by atoms with Crippen LogP contribution in [0.25, 0.3) is 0 Å². The van der Waals surface area contributed by atoms with Crippen molar-refractivity contribution in [1.82, 2.24) is 5.32 Å². The lowest BCUT2D eigenvalue weighted by atomic mass is 10.1. The Morgan fingerprint density at radius 2 is 2.12 bits per heavy atom. The van der Waals surface area contributed by atoms with E-state index in [1.807, 2.05) is 0 Å². The number of hydrogen-bond donors (Lipinski definition) is 3. The monoisotopic (exact) mass is 237 g/mol. The molecule has 0 amide bonds. The van der Waals surface area contributed by atoms with Crippen molar-refractivity contribution in [3.05, 3.63) is 28.3 Å². The van der Waals surface area contributed by atoms with Crippen LogP contribution in [0.15, 0.2) is 18.2 Å². The highest BCUT2D eigenvalue weighted by Gasteiger charge is 2.19. The predicted octanol–water partition coefficient (Wildman–Crippen LogP) is 1.46. The molecule has 0 atom stereocenters. The minimum atomic E-state index is -0.483. The number of piperidine rings is 1. The van der Waals surface area contributed by atoms with Crippen LogP contribution in [0, 0.1) is 10.1 Å². The standard InChI is InChI=1S/C11H15N3O3/c15-9-1-2-10(11(7-9)14(16)17)13-8-3-5-12-6-4-8/h1-2,7-8,12-13,15H,3-6H2. The molecule has 1 saturated heterocycles. The summed E-state index contributed by atoms with van der Waals surface area (Å²) < 4.78 is 0. The van der Waals surface area contributed by atoms with Crippen LogP contribution in [0.2, 0.25) is 0 Å². The second-order valence-corrected chi connectivity index (χ2v) is 4.13. The normalized spacial score (nSPS) is 16.7. The number of benzene rings is 1. The SMILES string of the molecule is O=[N+]([O-])c1cc(O)ccc1NC1CCNCC1. The van der Waals surface area contributed by atoms with E-state index in [2.05, 4.69) is 10.6 Å². The predicted molar refractivity (Wildman–Crippen MR) is 64.3 cm³/mol. The lowest BCUT2D eigenvalue weighted by molar-refractivity contribution is -0.384. The van der Waals surface area contributed by atoms with Crippen molar-refractivity contribution in [1.29, 1.82) is 0 Å². The first-order valence-corrected chi connectivity index (χ1v) is 5.61. The maximum Gasteiger partial charge on any atom is 0.296 e. The molecule has 1 aliphatic heterocycles. The van der Waals surface area contributed by atoms with E-state index < -0.39 is 4.92 Å². The maximum absolute atomic E-state index is 10.9. The summed E-state index contributed by atoms with van der Waals surface area (Å²) in [5.74, 6) is -0.0902. The zero-order valence-electron chi connectivity index (χ0n) is 9.35. The number of nitro groups is 1. The number of nitrogens with one attached hydrogen (secondary N) is 2. The zero-order chi connectivity index (χ0) is 12.3. The molecule has 1 heterocycles. The van der Waals surface area contributed by atoms with Gasteiger partial charge in [0.05, 0.1) is 11.0 Å². The molecule has 0 unspecified atom stereocenters. The molecule has 6 nitrogen and oxygen atoms in total. The Morgan fingerprint density at radius 3 is 2.76 bits per heavy atom. The van der Waals surface area contributed by atoms with E-state index in [0.29, 0.717) is 5.69 Å². The number of nitro benzene ring substituents is 1. The molecule has 1 fully saturated rings. The first kappa shape index (κ1) is 11.7. The largest absolute Gasteiger partial charge is 0.508 e. The summed E-state index contributed by atoms with van der Waals surface area (Å²) in [6, 6.07) is 4.43. The molecule has 92 valence electrons. The molecule has 1 aliphatic rings. The summed E-state index contributed by atoms with van der Waals surface area (Å²) in [5, 5.41) is 26.5. The van der Waals surface area contributed by atoms with Gasteiger partial charge >= 0.3 is 0 Å². The summed E-state index contributed by atoms with van der Waals surface area (Å²) in [6.45, 7) is 1.84. The van der Waals surface area contributed by atoms with Gasteiger partial charge in [-0.05, 0) is 38.1 Å². The van der Waals surface area contributed by atoms with E-state index in [0.717, 1.165) is 25.9 Å². The molecule has 0 bridgehead atoms. The Labute approximate surface area is 98.8 Å². The Kier molecular flexibility index (Phi) is 3.43. The third-order valence-corrected chi connectivity index (χ3v) is 2.88. The van der Waals surface area contributed by atoms with Crippen LogP contribution in [0.1, 0.15) is 12.8 Å². The van der Waals surface area contributed by atoms with E-state index >= 15 is 0 Å². The van der Waals surface area contributed by atoms with Crippen LogP contribution in [0.3, 0.4) is 0 Å². The maximum atomic E-state index is 10.9. The van der Waals surface area contributed by atoms with Gasteiger partial charge in [-0.25, -0.2) is 0 Å². The number of phenolic OH excluding ortho intramolecular Hbond substituents is 1. The van der Waals surface area contributed by atoms with E-state index in [4.69, 9.17) is 0 Å². The lowest BCUT2D eigenvalue weighted by Gasteiger charge is -2.24. The average Bonchev–Trinajstić information content (AvgIpc) is 2.32. The fraction of sp³-hybridized carbons (Fsp3) is 0.455. The molecule has 0 spiro atoms. The molecule has 1 aromatic carbocycles. The molecule has 17 heavy (non-hydrogen) atoms. The summed E-state index contributed by atoms with van der Waals surface area (Å²) in [4.78, 5) is 10.4. The van der Waals surface area contributed by atoms with Crippen molar-refractivity contribution in [3.8, 4) is 5.75 Å². The van der Waals surface area contributed by atoms with Crippen molar-refractivity contribution in [3.63, 3.8) is 0 Å². The van der Waals surface area contributed by atoms with Gasteiger partial charge in [0.1, 0.15) is 11.4 Å². The first-order valence-electron chi connectivity index (χ1n) is 5.61. The topological polar surface area (TPSA) is 87.4 Å². The Morgan fingerprint density at radius 1 is 1.41 bits per heavy atom. The van der Waals surface area contributed by atoms with E-state index in [1.54, 1.807) is 6.07 Å². The molecule has 0 aliphatic carbocycles. The van der Waals surface area contributed by atoms with Crippen molar-refractivity contribution in [2.24, 2.45) is 0 Å². The molecule has 6 heteroatoms. The molecule has 1 aromatic rings. The van der Waals surface area contributed by atoms with Gasteiger partial charge < -0.3 is 15.7 Å². The number of anilines is 1. The highest BCUT2D eigenvalue weighted by atomic mass is 16.6. The minimum absolute atomic E-state index is 0.0801. The second kappa shape index (κ2) is 5.01. The highest BCUT2D eigenvalue weighted by Crippen LogP contribution is 2.29. The number of nitrogens with zero attached hydrogens (tertiary/aromatic N) is 1. The third kappa shape index (κ3) is 2.85. The van der Waals surface area contributed by atoms with Gasteiger partial charge in [0.25, 0.3) is 5.69 Å². The van der Waals surface area contributed by atoms with Gasteiger partial charge in [0.2, 0.25) is 0 Å². The van der Waals surface area contributed by atoms with Crippen LogP contribution in [-0.2, 0) is 0 Å². The summed E-state index contributed by atoms with van der Waals surface area (Å²) in [7, 11) is 0. The highest BCUT2D eigenvalue weighted by molar-refractivity contribution is 5.64. The Hall–Kier alpha value is -1.82. The second-order valence-electron chi connectivity index (χ2n) is 4.13. The molecular formula is C11H15N3O3. The fourth-order valence-electron chi connectivity index (χ4n) is 1.98. The van der Waals surface area contributed by atoms with Crippen LogP contribution >= 0.6 is 0 Å². The van der Waals surface area contributed by atoms with Gasteiger partial charge in [-0.2, -0.15) is 0 Å². The fourth-order valence-corrected chi connectivity index (χ4v) is 1.98. The number of phenols is 1. The van der Waals surface area contributed by atoms with Crippen LogP contribution in [0.4, 0.5) is 11.4 Å². The number of hydrogen-bond acceptors (Lipinski definition) is 5. The molecule has 0 aromatic heterocycles. The Balaban J connectivity index is 2.16. The van der Waals surface area contributed by atoms with Gasteiger partial charge in [-0.3, -0.25) is 10.1 Å². The smallest absolute Gasteiger partial charge is 0.296 e. The van der Waals surface area contributed by atoms with E-state index in [9.17, 15) is 15.2 Å². The minimum Gasteiger partial charge on any atom is -0.508 e. The average molecular weight is 237 g/mol. The van der Waals surface area contributed by atoms with Crippen LogP contribution in [-0.4, -0.2) is 29.2 Å². The van der Waals surface area contributed by atoms with Gasteiger partial charge in [-0.1, -0.05) is 0 Å². The molecular weight excluding hydrogens is 222 g/mol. The van der Waals surface area contributed by atoms with E-state index in [-0.39, 0.29) is 17.5 Å². The van der Waals surface area contributed by atoms with Gasteiger partial charge in [0, 0.05) is 6.04 Å². The summed E-state index contributed by atoms with van der Waals surface area (Å²) in [5.41, 5.74) is 0.392. The van der Waals surface area contributed by atoms with E-state index in [1.165, 1.54) is 12.1 Å². The summed E-state index contributed by atoms with van der Waals surface area (Å²) in [6.07, 6.45) is 1.88. The number of aromatic hydroxyl groups is 1. The molecule has 3 N–H and O–H groups in total. The molecule has 0 radical (unpaired) electrons. The van der Waals surface area contributed by atoms with Crippen molar-refractivity contribution in [2.45, 2.75) is 18.9 Å². The lowest BCUT2D eigenvalue weighted by Crippen LogP contribution is -2.35. The third-order valence-electron chi connectivity index (χ3n) is 2.88. The molecule has 2 rings (SSSR count). The van der Waals surface area contributed by atoms with Gasteiger partial charge in [-0.15, -0.1) is 0 Å². The van der Waals surface area contributed by atoms with Crippen molar-refractivity contribution in [2.75, 3.05) is 18.4 Å². The summed E-state index contributed by atoms with van der Waals surface area (Å²) >= 11 is 0. The van der Waals surface area contributed by atoms with Crippen molar-refractivity contribution >= 4 is 11.4 Å². The number of rotatable bonds is 3. The molecule has 0 saturated carbocycles.